The molecule has 1 unspecified atom stereocenters. The van der Waals surface area contributed by atoms with Crippen molar-refractivity contribution in [2.75, 3.05) is 0 Å². The van der Waals surface area contributed by atoms with Gasteiger partial charge in [-0.3, -0.25) is 0 Å². The molecule has 0 fully saturated rings. The third-order valence-electron chi connectivity index (χ3n) is 3.38. The number of alkyl halides is 3. The second-order valence-electron chi connectivity index (χ2n) is 4.73. The van der Waals surface area contributed by atoms with Gasteiger partial charge in [-0.25, -0.2) is 0 Å². The molecule has 0 aromatic heterocycles. The van der Waals surface area contributed by atoms with Gasteiger partial charge in [0.15, 0.2) is 0 Å². The van der Waals surface area contributed by atoms with Crippen LogP contribution in [0.1, 0.15) is 42.9 Å². The van der Waals surface area contributed by atoms with Crippen LogP contribution in [-0.4, -0.2) is 0 Å². The lowest BCUT2D eigenvalue weighted by Gasteiger charge is -2.23. The Morgan fingerprint density at radius 1 is 1.21 bits per heavy atom. The zero-order valence-corrected chi connectivity index (χ0v) is 11.9. The van der Waals surface area contributed by atoms with Crippen molar-refractivity contribution in [2.24, 2.45) is 5.73 Å². The molecule has 0 saturated heterocycles. The fourth-order valence-electron chi connectivity index (χ4n) is 2.39. The molecule has 0 spiro atoms. The summed E-state index contributed by atoms with van der Waals surface area (Å²) in [6.45, 7) is 0. The van der Waals surface area contributed by atoms with E-state index in [4.69, 9.17) is 5.73 Å². The van der Waals surface area contributed by atoms with Crippen molar-refractivity contribution in [1.82, 2.24) is 0 Å². The summed E-state index contributed by atoms with van der Waals surface area (Å²) in [5, 5.41) is 0. The molecule has 1 nitrogen and oxygen atoms in total. The average Bonchev–Trinajstić information content (AvgIpc) is 2.38. The van der Waals surface area contributed by atoms with Gasteiger partial charge in [0.2, 0.25) is 0 Å². The van der Waals surface area contributed by atoms with E-state index in [2.05, 4.69) is 15.9 Å². The van der Waals surface area contributed by atoms with Crippen LogP contribution in [0.5, 0.6) is 0 Å². The van der Waals surface area contributed by atoms with Crippen LogP contribution in [0.4, 0.5) is 13.2 Å². The van der Waals surface area contributed by atoms with Gasteiger partial charge in [0.05, 0.1) is 11.6 Å². The summed E-state index contributed by atoms with van der Waals surface area (Å²) in [5.74, 6) is 0. The summed E-state index contributed by atoms with van der Waals surface area (Å²) < 4.78 is 39.6. The van der Waals surface area contributed by atoms with Crippen molar-refractivity contribution in [2.45, 2.75) is 37.9 Å². The highest BCUT2D eigenvalue weighted by Gasteiger charge is 2.35. The van der Waals surface area contributed by atoms with Crippen molar-refractivity contribution in [1.29, 1.82) is 0 Å². The maximum absolute atomic E-state index is 13.1. The molecule has 2 N–H and O–H groups in total. The van der Waals surface area contributed by atoms with Crippen molar-refractivity contribution in [3.05, 3.63) is 45.4 Å². The smallest absolute Gasteiger partial charge is 0.321 e. The second kappa shape index (κ2) is 5.67. The molecule has 104 valence electrons. The van der Waals surface area contributed by atoms with Gasteiger partial charge in [0.1, 0.15) is 0 Å². The molecule has 0 bridgehead atoms. The highest BCUT2D eigenvalue weighted by Crippen LogP contribution is 2.38. The van der Waals surface area contributed by atoms with Crippen molar-refractivity contribution in [3.63, 3.8) is 0 Å². The Morgan fingerprint density at radius 2 is 1.95 bits per heavy atom. The molecule has 1 aromatic rings. The Hall–Kier alpha value is -0.810. The van der Waals surface area contributed by atoms with E-state index >= 15 is 0 Å². The number of rotatable bonds is 2. The predicted molar refractivity (Wildman–Crippen MR) is 72.6 cm³/mol. The van der Waals surface area contributed by atoms with Crippen LogP contribution >= 0.6 is 15.9 Å². The van der Waals surface area contributed by atoms with E-state index in [1.165, 1.54) is 6.07 Å². The number of hydrogen-bond donors (Lipinski definition) is 1. The first-order valence-corrected chi connectivity index (χ1v) is 7.00. The van der Waals surface area contributed by atoms with Crippen molar-refractivity contribution >= 4 is 15.9 Å². The molecule has 1 aromatic carbocycles. The first kappa shape index (κ1) is 14.6. The van der Waals surface area contributed by atoms with E-state index in [0.29, 0.717) is 4.47 Å². The SMILES string of the molecule is NC(C1=CCCCC1)c1ccc(Br)cc1C(F)(F)F. The molecule has 2 rings (SSSR count). The van der Waals surface area contributed by atoms with Crippen LogP contribution < -0.4 is 5.73 Å². The molecule has 1 aliphatic rings. The Kier molecular flexibility index (Phi) is 4.36. The van der Waals surface area contributed by atoms with Gasteiger partial charge >= 0.3 is 6.18 Å². The van der Waals surface area contributed by atoms with E-state index in [9.17, 15) is 13.2 Å². The lowest BCUT2D eigenvalue weighted by Crippen LogP contribution is -2.20. The Balaban J connectivity index is 2.41. The standard InChI is InChI=1S/C14H15BrF3N/c15-10-6-7-11(12(8-10)14(16,17)18)13(19)9-4-2-1-3-5-9/h4,6-8,13H,1-3,5,19H2. The first-order chi connectivity index (χ1) is 8.89. The topological polar surface area (TPSA) is 26.0 Å². The van der Waals surface area contributed by atoms with E-state index in [1.54, 1.807) is 6.07 Å². The van der Waals surface area contributed by atoms with Gasteiger partial charge in [0, 0.05) is 4.47 Å². The highest BCUT2D eigenvalue weighted by atomic mass is 79.9. The Labute approximate surface area is 118 Å². The Bertz CT molecular complexity index is 494. The van der Waals surface area contributed by atoms with Gasteiger partial charge in [0.25, 0.3) is 0 Å². The quantitative estimate of drug-likeness (QED) is 0.760. The summed E-state index contributed by atoms with van der Waals surface area (Å²) in [4.78, 5) is 0. The average molecular weight is 334 g/mol. The Morgan fingerprint density at radius 3 is 2.53 bits per heavy atom. The minimum atomic E-state index is -4.38. The molecular weight excluding hydrogens is 319 g/mol. The fraction of sp³-hybridized carbons (Fsp3) is 0.429. The predicted octanol–water partition coefficient (Wildman–Crippen LogP) is 4.97. The molecule has 0 heterocycles. The third kappa shape index (κ3) is 3.39. The van der Waals surface area contributed by atoms with Crippen molar-refractivity contribution in [3.8, 4) is 0 Å². The lowest BCUT2D eigenvalue weighted by molar-refractivity contribution is -0.138. The molecule has 19 heavy (non-hydrogen) atoms. The van der Waals surface area contributed by atoms with Gasteiger partial charge in [-0.2, -0.15) is 13.2 Å². The maximum Gasteiger partial charge on any atom is 0.416 e. The zero-order valence-electron chi connectivity index (χ0n) is 10.3. The van der Waals surface area contributed by atoms with Gasteiger partial charge in [-0.15, -0.1) is 0 Å². The van der Waals surface area contributed by atoms with E-state index in [0.717, 1.165) is 37.3 Å². The minimum absolute atomic E-state index is 0.156. The molecule has 0 saturated carbocycles. The minimum Gasteiger partial charge on any atom is -0.321 e. The van der Waals surface area contributed by atoms with E-state index < -0.39 is 17.8 Å². The van der Waals surface area contributed by atoms with Gasteiger partial charge in [-0.1, -0.05) is 33.6 Å². The van der Waals surface area contributed by atoms with Crippen LogP contribution in [0, 0.1) is 0 Å². The molecule has 5 heteroatoms. The van der Waals surface area contributed by atoms with Gasteiger partial charge < -0.3 is 5.73 Å². The molecule has 0 amide bonds. The molecule has 1 atom stereocenters. The summed E-state index contributed by atoms with van der Waals surface area (Å²) >= 11 is 3.08. The van der Waals surface area contributed by atoms with Crippen LogP contribution in [-0.2, 0) is 6.18 Å². The molecule has 0 radical (unpaired) electrons. The largest absolute Gasteiger partial charge is 0.416 e. The summed E-state index contributed by atoms with van der Waals surface area (Å²) in [7, 11) is 0. The van der Waals surface area contributed by atoms with Gasteiger partial charge in [-0.05, 0) is 43.4 Å². The van der Waals surface area contributed by atoms with Crippen LogP contribution in [0.3, 0.4) is 0 Å². The zero-order chi connectivity index (χ0) is 14.0. The van der Waals surface area contributed by atoms with E-state index in [-0.39, 0.29) is 5.56 Å². The number of nitrogens with two attached hydrogens (primary N) is 1. The molecule has 1 aliphatic carbocycles. The normalized spacial score (nSPS) is 18.1. The number of benzene rings is 1. The maximum atomic E-state index is 13.1. The second-order valence-corrected chi connectivity index (χ2v) is 5.65. The summed E-state index contributed by atoms with van der Waals surface area (Å²) in [6.07, 6.45) is 1.37. The van der Waals surface area contributed by atoms with Crippen LogP contribution in [0.2, 0.25) is 0 Å². The number of halogens is 4. The summed E-state index contributed by atoms with van der Waals surface area (Å²) in [5.41, 5.74) is 6.45. The molecule has 0 aliphatic heterocycles. The first-order valence-electron chi connectivity index (χ1n) is 6.21. The van der Waals surface area contributed by atoms with Crippen LogP contribution in [0.15, 0.2) is 34.3 Å². The number of hydrogen-bond acceptors (Lipinski definition) is 1. The monoisotopic (exact) mass is 333 g/mol. The lowest BCUT2D eigenvalue weighted by atomic mass is 9.88. The number of allylic oxidation sites excluding steroid dienone is 1. The van der Waals surface area contributed by atoms with E-state index in [1.807, 2.05) is 6.08 Å². The fourth-order valence-corrected chi connectivity index (χ4v) is 2.75. The summed E-state index contributed by atoms with van der Waals surface area (Å²) in [6, 6.07) is 3.50. The van der Waals surface area contributed by atoms with Crippen LogP contribution in [0.25, 0.3) is 0 Å². The highest BCUT2D eigenvalue weighted by molar-refractivity contribution is 9.10. The van der Waals surface area contributed by atoms with Crippen molar-refractivity contribution < 1.29 is 13.2 Å². The molecular formula is C14H15BrF3N. The third-order valence-corrected chi connectivity index (χ3v) is 3.87.